The maximum Gasteiger partial charge on any atom is 0.224 e. The molecule has 0 aliphatic heterocycles. The van der Waals surface area contributed by atoms with Crippen LogP contribution in [0, 0.1) is 0 Å². The Labute approximate surface area is 97.6 Å². The van der Waals surface area contributed by atoms with Crippen molar-refractivity contribution in [2.75, 3.05) is 6.54 Å². The number of amides is 1. The lowest BCUT2D eigenvalue weighted by Gasteiger charge is -2.06. The van der Waals surface area contributed by atoms with E-state index in [4.69, 9.17) is 5.11 Å². The molecule has 1 aromatic rings. The van der Waals surface area contributed by atoms with Gasteiger partial charge in [0.2, 0.25) is 5.91 Å². The summed E-state index contributed by atoms with van der Waals surface area (Å²) in [6.45, 7) is 1.94. The highest BCUT2D eigenvalue weighted by atomic mass is 79.9. The van der Waals surface area contributed by atoms with Crippen LogP contribution in [0.15, 0.2) is 28.7 Å². The molecule has 0 saturated carbocycles. The smallest absolute Gasteiger partial charge is 0.224 e. The van der Waals surface area contributed by atoms with E-state index in [1.807, 2.05) is 24.3 Å². The maximum atomic E-state index is 11.4. The molecule has 1 rings (SSSR count). The molecule has 0 saturated heterocycles. The molecule has 2 N–H and O–H groups in total. The van der Waals surface area contributed by atoms with E-state index in [0.29, 0.717) is 13.0 Å². The first-order chi connectivity index (χ1) is 7.08. The van der Waals surface area contributed by atoms with E-state index in [1.54, 1.807) is 6.92 Å². The summed E-state index contributed by atoms with van der Waals surface area (Å²) in [6, 6.07) is 7.59. The zero-order chi connectivity index (χ0) is 11.3. The minimum atomic E-state index is -0.501. The highest BCUT2D eigenvalue weighted by Gasteiger charge is 2.04. The Morgan fingerprint density at radius 3 is 2.60 bits per heavy atom. The number of aliphatic hydroxyl groups excluding tert-OH is 1. The minimum absolute atomic E-state index is 0.0711. The predicted octanol–water partition coefficient (Wildman–Crippen LogP) is 1.49. The minimum Gasteiger partial charge on any atom is -0.392 e. The van der Waals surface area contributed by atoms with Crippen molar-refractivity contribution < 1.29 is 9.90 Å². The van der Waals surface area contributed by atoms with Gasteiger partial charge >= 0.3 is 0 Å². The first kappa shape index (κ1) is 12.2. The predicted molar refractivity (Wildman–Crippen MR) is 62.5 cm³/mol. The third-order valence-electron chi connectivity index (χ3n) is 1.87. The average Bonchev–Trinajstić information content (AvgIpc) is 2.19. The van der Waals surface area contributed by atoms with Crippen LogP contribution in [0.25, 0.3) is 0 Å². The van der Waals surface area contributed by atoms with Gasteiger partial charge in [-0.1, -0.05) is 28.1 Å². The Morgan fingerprint density at radius 2 is 2.07 bits per heavy atom. The van der Waals surface area contributed by atoms with Crippen molar-refractivity contribution >= 4 is 21.8 Å². The van der Waals surface area contributed by atoms with Gasteiger partial charge in [-0.15, -0.1) is 0 Å². The second-order valence-electron chi connectivity index (χ2n) is 3.46. The second-order valence-corrected chi connectivity index (χ2v) is 4.37. The molecule has 1 atom stereocenters. The fourth-order valence-corrected chi connectivity index (χ4v) is 1.38. The van der Waals surface area contributed by atoms with Crippen LogP contribution >= 0.6 is 15.9 Å². The van der Waals surface area contributed by atoms with Gasteiger partial charge < -0.3 is 10.4 Å². The van der Waals surface area contributed by atoms with Crippen LogP contribution < -0.4 is 5.32 Å². The molecule has 0 unspecified atom stereocenters. The summed E-state index contributed by atoms with van der Waals surface area (Å²) in [5.41, 5.74) is 0.960. The maximum absolute atomic E-state index is 11.4. The van der Waals surface area contributed by atoms with E-state index in [1.165, 1.54) is 0 Å². The number of nitrogens with one attached hydrogen (secondary N) is 1. The summed E-state index contributed by atoms with van der Waals surface area (Å²) in [5.74, 6) is -0.0711. The molecule has 0 spiro atoms. The summed E-state index contributed by atoms with van der Waals surface area (Å²) in [4.78, 5) is 11.4. The third kappa shape index (κ3) is 4.95. The Balaban J connectivity index is 2.41. The SMILES string of the molecule is C[C@@H](O)CNC(=O)Cc1ccc(Br)cc1. The fraction of sp³-hybridized carbons (Fsp3) is 0.364. The Kier molecular flexibility index (Phi) is 4.78. The van der Waals surface area contributed by atoms with Crippen molar-refractivity contribution in [3.63, 3.8) is 0 Å². The molecular formula is C11H14BrNO2. The number of carbonyl (C=O) groups excluding carboxylic acids is 1. The van der Waals surface area contributed by atoms with Crippen LogP contribution in [0.4, 0.5) is 0 Å². The zero-order valence-corrected chi connectivity index (χ0v) is 10.1. The first-order valence-electron chi connectivity index (χ1n) is 4.77. The molecule has 82 valence electrons. The van der Waals surface area contributed by atoms with Crippen molar-refractivity contribution in [3.05, 3.63) is 34.3 Å². The van der Waals surface area contributed by atoms with Gasteiger partial charge in [-0.2, -0.15) is 0 Å². The Morgan fingerprint density at radius 1 is 1.47 bits per heavy atom. The lowest BCUT2D eigenvalue weighted by atomic mass is 10.1. The number of halogens is 1. The van der Waals surface area contributed by atoms with Crippen LogP contribution in [-0.2, 0) is 11.2 Å². The fourth-order valence-electron chi connectivity index (χ4n) is 1.11. The lowest BCUT2D eigenvalue weighted by Crippen LogP contribution is -2.31. The van der Waals surface area contributed by atoms with E-state index in [-0.39, 0.29) is 5.91 Å². The van der Waals surface area contributed by atoms with E-state index < -0.39 is 6.10 Å². The monoisotopic (exact) mass is 271 g/mol. The molecular weight excluding hydrogens is 258 g/mol. The van der Waals surface area contributed by atoms with Crippen molar-refractivity contribution in [3.8, 4) is 0 Å². The van der Waals surface area contributed by atoms with Gasteiger partial charge in [0.15, 0.2) is 0 Å². The van der Waals surface area contributed by atoms with Crippen molar-refractivity contribution in [2.45, 2.75) is 19.4 Å². The van der Waals surface area contributed by atoms with Gasteiger partial charge in [-0.3, -0.25) is 4.79 Å². The van der Waals surface area contributed by atoms with E-state index in [0.717, 1.165) is 10.0 Å². The highest BCUT2D eigenvalue weighted by Crippen LogP contribution is 2.10. The zero-order valence-electron chi connectivity index (χ0n) is 8.53. The van der Waals surface area contributed by atoms with Crippen molar-refractivity contribution in [1.82, 2.24) is 5.32 Å². The normalized spacial score (nSPS) is 12.2. The van der Waals surface area contributed by atoms with Crippen LogP contribution in [0.5, 0.6) is 0 Å². The summed E-state index contributed by atoms with van der Waals surface area (Å²) < 4.78 is 0.996. The standard InChI is InChI=1S/C11H14BrNO2/c1-8(14)7-13-11(15)6-9-2-4-10(12)5-3-9/h2-5,8,14H,6-7H2,1H3,(H,13,15)/t8-/m1/s1. The molecule has 0 heterocycles. The quantitative estimate of drug-likeness (QED) is 0.872. The van der Waals surface area contributed by atoms with Crippen LogP contribution in [0.2, 0.25) is 0 Å². The number of benzene rings is 1. The number of aliphatic hydroxyl groups is 1. The summed E-state index contributed by atoms with van der Waals surface area (Å²) in [5, 5.41) is 11.6. The lowest BCUT2D eigenvalue weighted by molar-refractivity contribution is -0.120. The van der Waals surface area contributed by atoms with Crippen molar-refractivity contribution in [2.24, 2.45) is 0 Å². The first-order valence-corrected chi connectivity index (χ1v) is 5.56. The molecule has 3 nitrogen and oxygen atoms in total. The van der Waals surface area contributed by atoms with Gasteiger partial charge in [-0.25, -0.2) is 0 Å². The van der Waals surface area contributed by atoms with E-state index >= 15 is 0 Å². The summed E-state index contributed by atoms with van der Waals surface area (Å²) in [7, 11) is 0. The van der Waals surface area contributed by atoms with Crippen LogP contribution in [0.3, 0.4) is 0 Å². The molecule has 0 bridgehead atoms. The van der Waals surface area contributed by atoms with Gasteiger partial charge in [0, 0.05) is 11.0 Å². The molecule has 0 aliphatic rings. The van der Waals surface area contributed by atoms with E-state index in [2.05, 4.69) is 21.2 Å². The van der Waals surface area contributed by atoms with Gasteiger partial charge in [0.1, 0.15) is 0 Å². The number of rotatable bonds is 4. The van der Waals surface area contributed by atoms with Crippen LogP contribution in [-0.4, -0.2) is 23.7 Å². The third-order valence-corrected chi connectivity index (χ3v) is 2.40. The van der Waals surface area contributed by atoms with E-state index in [9.17, 15) is 4.79 Å². The number of carbonyl (C=O) groups is 1. The van der Waals surface area contributed by atoms with Gasteiger partial charge in [0.25, 0.3) is 0 Å². The molecule has 0 radical (unpaired) electrons. The van der Waals surface area contributed by atoms with Crippen molar-refractivity contribution in [1.29, 1.82) is 0 Å². The summed E-state index contributed by atoms with van der Waals surface area (Å²) in [6.07, 6.45) is -0.154. The molecule has 0 aliphatic carbocycles. The second kappa shape index (κ2) is 5.88. The molecule has 15 heavy (non-hydrogen) atoms. The molecule has 4 heteroatoms. The molecule has 0 fully saturated rings. The topological polar surface area (TPSA) is 49.3 Å². The summed E-state index contributed by atoms with van der Waals surface area (Å²) >= 11 is 3.33. The molecule has 1 aromatic carbocycles. The number of hydrogen-bond donors (Lipinski definition) is 2. The number of hydrogen-bond acceptors (Lipinski definition) is 2. The Bertz CT molecular complexity index is 322. The largest absolute Gasteiger partial charge is 0.392 e. The van der Waals surface area contributed by atoms with Gasteiger partial charge in [0.05, 0.1) is 12.5 Å². The molecule has 0 aromatic heterocycles. The Hall–Kier alpha value is -0.870. The molecule has 1 amide bonds. The van der Waals surface area contributed by atoms with Crippen LogP contribution in [0.1, 0.15) is 12.5 Å². The van der Waals surface area contributed by atoms with Gasteiger partial charge in [-0.05, 0) is 24.6 Å². The highest BCUT2D eigenvalue weighted by molar-refractivity contribution is 9.10. The average molecular weight is 272 g/mol.